The Bertz CT molecular complexity index is 1160. The summed E-state index contributed by atoms with van der Waals surface area (Å²) in [6.45, 7) is 5.29. The van der Waals surface area contributed by atoms with E-state index in [1.165, 1.54) is 0 Å². The molecule has 31 heavy (non-hydrogen) atoms. The van der Waals surface area contributed by atoms with E-state index < -0.39 is 29.1 Å². The quantitative estimate of drug-likeness (QED) is 0.540. The molecule has 160 valence electrons. The summed E-state index contributed by atoms with van der Waals surface area (Å²) in [7, 11) is 0. The number of urea groups is 1. The van der Waals surface area contributed by atoms with Gasteiger partial charge in [-0.25, -0.2) is 18.6 Å². The van der Waals surface area contributed by atoms with Crippen LogP contribution in [-0.4, -0.2) is 16.9 Å². The first-order chi connectivity index (χ1) is 14.7. The standard InChI is InChI=1S/C22H18ClF2N3O3/c1-11-7-8-26-21(19(11)23)31-17-10-12(2)16(9-13(17)3)27-22(30)28-20(29)18-14(24)5-4-6-15(18)25/h4-10H,1-3H3,(H2,27,28,29,30). The van der Waals surface area contributed by atoms with Crippen LogP contribution in [0.3, 0.4) is 0 Å². The number of aromatic nitrogens is 1. The van der Waals surface area contributed by atoms with Gasteiger partial charge in [-0.3, -0.25) is 10.1 Å². The average molecular weight is 446 g/mol. The third-order valence-corrected chi connectivity index (χ3v) is 4.90. The maximum Gasteiger partial charge on any atom is 0.326 e. The molecule has 1 heterocycles. The molecule has 0 aliphatic carbocycles. The van der Waals surface area contributed by atoms with Gasteiger partial charge in [-0.05, 0) is 67.8 Å². The number of nitrogens with one attached hydrogen (secondary N) is 2. The fourth-order valence-corrected chi connectivity index (χ4v) is 2.91. The van der Waals surface area contributed by atoms with Gasteiger partial charge in [-0.1, -0.05) is 17.7 Å². The molecule has 0 bridgehead atoms. The van der Waals surface area contributed by atoms with E-state index in [1.54, 1.807) is 38.2 Å². The van der Waals surface area contributed by atoms with E-state index in [9.17, 15) is 18.4 Å². The lowest BCUT2D eigenvalue weighted by atomic mass is 10.1. The van der Waals surface area contributed by atoms with Gasteiger partial charge in [0.25, 0.3) is 5.91 Å². The number of hydrogen-bond donors (Lipinski definition) is 2. The second-order valence-electron chi connectivity index (χ2n) is 6.79. The van der Waals surface area contributed by atoms with E-state index >= 15 is 0 Å². The lowest BCUT2D eigenvalue weighted by Crippen LogP contribution is -2.35. The lowest BCUT2D eigenvalue weighted by molar-refractivity contribution is 0.0959. The van der Waals surface area contributed by atoms with Crippen molar-refractivity contribution in [3.05, 3.63) is 81.5 Å². The minimum absolute atomic E-state index is 0.250. The van der Waals surface area contributed by atoms with Gasteiger partial charge in [0.1, 0.15) is 28.0 Å². The number of carbonyl (C=O) groups is 2. The molecular weight excluding hydrogens is 428 g/mol. The van der Waals surface area contributed by atoms with Crippen LogP contribution in [0, 0.1) is 32.4 Å². The number of benzene rings is 2. The second-order valence-corrected chi connectivity index (χ2v) is 7.16. The number of carbonyl (C=O) groups excluding carboxylic acids is 2. The fourth-order valence-electron chi connectivity index (χ4n) is 2.76. The SMILES string of the molecule is Cc1cc(Oc2nccc(C)c2Cl)c(C)cc1NC(=O)NC(=O)c1c(F)cccc1F. The van der Waals surface area contributed by atoms with E-state index in [-0.39, 0.29) is 5.88 Å². The van der Waals surface area contributed by atoms with Crippen molar-refractivity contribution in [3.63, 3.8) is 0 Å². The Morgan fingerprint density at radius 1 is 1.00 bits per heavy atom. The van der Waals surface area contributed by atoms with Crippen LogP contribution in [0.25, 0.3) is 0 Å². The smallest absolute Gasteiger partial charge is 0.326 e. The number of halogens is 3. The molecule has 0 spiro atoms. The Morgan fingerprint density at radius 2 is 1.68 bits per heavy atom. The van der Waals surface area contributed by atoms with Gasteiger partial charge in [0.2, 0.25) is 5.88 Å². The van der Waals surface area contributed by atoms with Gasteiger partial charge >= 0.3 is 6.03 Å². The first-order valence-electron chi connectivity index (χ1n) is 9.14. The number of ether oxygens (including phenoxy) is 1. The Kier molecular flexibility index (Phi) is 6.50. The molecule has 2 N–H and O–H groups in total. The molecule has 0 radical (unpaired) electrons. The molecule has 9 heteroatoms. The van der Waals surface area contributed by atoms with E-state index in [4.69, 9.17) is 16.3 Å². The minimum Gasteiger partial charge on any atom is -0.437 e. The van der Waals surface area contributed by atoms with Crippen LogP contribution in [0.1, 0.15) is 27.0 Å². The van der Waals surface area contributed by atoms with Crippen LogP contribution >= 0.6 is 11.6 Å². The van der Waals surface area contributed by atoms with Crippen molar-refractivity contribution >= 4 is 29.2 Å². The van der Waals surface area contributed by atoms with Crippen molar-refractivity contribution in [2.75, 3.05) is 5.32 Å². The predicted octanol–water partition coefficient (Wildman–Crippen LogP) is 5.69. The van der Waals surface area contributed by atoms with Crippen LogP contribution in [0.5, 0.6) is 11.6 Å². The summed E-state index contributed by atoms with van der Waals surface area (Å²) < 4.78 is 33.2. The van der Waals surface area contributed by atoms with Crippen molar-refractivity contribution in [3.8, 4) is 11.6 Å². The number of aryl methyl sites for hydroxylation is 3. The van der Waals surface area contributed by atoms with Crippen LogP contribution in [-0.2, 0) is 0 Å². The molecule has 0 atom stereocenters. The van der Waals surface area contributed by atoms with Gasteiger partial charge in [-0.2, -0.15) is 0 Å². The zero-order valence-electron chi connectivity index (χ0n) is 16.8. The van der Waals surface area contributed by atoms with Crippen molar-refractivity contribution in [2.45, 2.75) is 20.8 Å². The van der Waals surface area contributed by atoms with E-state index in [2.05, 4.69) is 10.3 Å². The fraction of sp³-hybridized carbons (Fsp3) is 0.136. The summed E-state index contributed by atoms with van der Waals surface area (Å²) in [6, 6.07) is 7.09. The van der Waals surface area contributed by atoms with Gasteiger partial charge in [0, 0.05) is 11.9 Å². The molecule has 0 saturated carbocycles. The third-order valence-electron chi connectivity index (χ3n) is 4.44. The number of hydrogen-bond acceptors (Lipinski definition) is 4. The minimum atomic E-state index is -1.19. The molecular formula is C22H18ClF2N3O3. The molecule has 3 rings (SSSR count). The van der Waals surface area contributed by atoms with Crippen molar-refractivity contribution < 1.29 is 23.1 Å². The summed E-state index contributed by atoms with van der Waals surface area (Å²) in [4.78, 5) is 28.4. The van der Waals surface area contributed by atoms with Gasteiger partial charge < -0.3 is 10.1 Å². The molecule has 6 nitrogen and oxygen atoms in total. The molecule has 1 aromatic heterocycles. The Morgan fingerprint density at radius 3 is 2.35 bits per heavy atom. The topological polar surface area (TPSA) is 80.3 Å². The number of amides is 3. The zero-order valence-corrected chi connectivity index (χ0v) is 17.6. The number of pyridine rings is 1. The summed E-state index contributed by atoms with van der Waals surface area (Å²) >= 11 is 6.22. The van der Waals surface area contributed by atoms with Crippen molar-refractivity contribution in [1.29, 1.82) is 0 Å². The number of nitrogens with zero attached hydrogens (tertiary/aromatic N) is 1. The monoisotopic (exact) mass is 445 g/mol. The molecule has 3 aromatic rings. The molecule has 3 amide bonds. The Hall–Kier alpha value is -3.52. The Balaban J connectivity index is 1.75. The summed E-state index contributed by atoms with van der Waals surface area (Å²) in [6.07, 6.45) is 1.58. The summed E-state index contributed by atoms with van der Waals surface area (Å²) in [5, 5.41) is 4.79. The maximum absolute atomic E-state index is 13.7. The van der Waals surface area contributed by atoms with E-state index in [1.807, 2.05) is 12.2 Å². The normalized spacial score (nSPS) is 10.5. The van der Waals surface area contributed by atoms with Crippen LogP contribution in [0.15, 0.2) is 42.6 Å². The molecule has 2 aromatic carbocycles. The summed E-state index contributed by atoms with van der Waals surface area (Å²) in [5.41, 5.74) is 1.63. The van der Waals surface area contributed by atoms with Crippen molar-refractivity contribution in [2.24, 2.45) is 0 Å². The Labute approximate surface area is 182 Å². The zero-order chi connectivity index (χ0) is 22.7. The predicted molar refractivity (Wildman–Crippen MR) is 113 cm³/mol. The molecule has 0 fully saturated rings. The summed E-state index contributed by atoms with van der Waals surface area (Å²) in [5.74, 6) is -2.60. The molecule has 0 unspecified atom stereocenters. The van der Waals surface area contributed by atoms with Crippen molar-refractivity contribution in [1.82, 2.24) is 10.3 Å². The molecule has 0 aliphatic rings. The number of rotatable bonds is 4. The molecule has 0 saturated heterocycles. The van der Waals surface area contributed by atoms with E-state index in [0.29, 0.717) is 27.6 Å². The highest BCUT2D eigenvalue weighted by Crippen LogP contribution is 2.33. The second kappa shape index (κ2) is 9.09. The highest BCUT2D eigenvalue weighted by Gasteiger charge is 2.20. The van der Waals surface area contributed by atoms with Crippen LogP contribution < -0.4 is 15.4 Å². The number of imide groups is 1. The largest absolute Gasteiger partial charge is 0.437 e. The third kappa shape index (κ3) is 4.97. The van der Waals surface area contributed by atoms with Gasteiger partial charge in [-0.15, -0.1) is 0 Å². The highest BCUT2D eigenvalue weighted by molar-refractivity contribution is 6.32. The number of anilines is 1. The molecule has 0 aliphatic heterocycles. The first-order valence-corrected chi connectivity index (χ1v) is 9.51. The highest BCUT2D eigenvalue weighted by atomic mass is 35.5. The maximum atomic E-state index is 13.7. The van der Waals surface area contributed by atoms with Gasteiger partial charge in [0.15, 0.2) is 0 Å². The van der Waals surface area contributed by atoms with Gasteiger partial charge in [0.05, 0.1) is 0 Å². The van der Waals surface area contributed by atoms with Crippen LogP contribution in [0.4, 0.5) is 19.3 Å². The first kappa shape index (κ1) is 22.2. The van der Waals surface area contributed by atoms with Crippen LogP contribution in [0.2, 0.25) is 5.02 Å². The van der Waals surface area contributed by atoms with E-state index in [0.717, 1.165) is 23.8 Å². The lowest BCUT2D eigenvalue weighted by Gasteiger charge is -2.15. The average Bonchev–Trinajstić information content (AvgIpc) is 2.69.